The molecule has 7 heteroatoms. The molecule has 0 radical (unpaired) electrons. The molecule has 0 spiro atoms. The minimum Gasteiger partial charge on any atom is -0.339 e. The van der Waals surface area contributed by atoms with Gasteiger partial charge in [0.25, 0.3) is 11.5 Å². The highest BCUT2D eigenvalue weighted by atomic mass is 16.2. The van der Waals surface area contributed by atoms with Gasteiger partial charge in [-0.15, -0.1) is 0 Å². The zero-order chi connectivity index (χ0) is 22.2. The first-order chi connectivity index (χ1) is 15.6. The molecule has 5 rings (SSSR count). The number of benzene rings is 2. The zero-order valence-electron chi connectivity index (χ0n) is 17.8. The second-order valence-electron chi connectivity index (χ2n) is 7.46. The molecule has 5 aromatic rings. The van der Waals surface area contributed by atoms with Gasteiger partial charge in [-0.2, -0.15) is 9.78 Å². The molecule has 32 heavy (non-hydrogen) atoms. The largest absolute Gasteiger partial charge is 0.339 e. The van der Waals surface area contributed by atoms with Crippen LogP contribution in [0, 0.1) is 0 Å². The summed E-state index contributed by atoms with van der Waals surface area (Å²) in [5, 5.41) is 5.99. The molecule has 3 heterocycles. The van der Waals surface area contributed by atoms with Gasteiger partial charge in [0, 0.05) is 48.0 Å². The number of nitrogens with zero attached hydrogens (tertiary/aromatic N) is 5. The third-order valence-corrected chi connectivity index (χ3v) is 5.68. The van der Waals surface area contributed by atoms with E-state index in [1.165, 1.54) is 4.68 Å². The minimum atomic E-state index is -0.288. The van der Waals surface area contributed by atoms with Crippen LogP contribution in [0.1, 0.15) is 17.4 Å². The Bertz CT molecular complexity index is 1500. The highest BCUT2D eigenvalue weighted by Crippen LogP contribution is 2.29. The predicted octanol–water partition coefficient (Wildman–Crippen LogP) is 3.94. The quantitative estimate of drug-likeness (QED) is 0.439. The summed E-state index contributed by atoms with van der Waals surface area (Å²) in [6.45, 7) is 2.38. The molecular weight excluding hydrogens is 402 g/mol. The monoisotopic (exact) mass is 423 g/mol. The maximum atomic E-state index is 13.9. The Labute approximate surface area is 184 Å². The molecule has 0 aliphatic heterocycles. The standard InChI is InChI=1S/C25H21N5O2/c1-3-29(17-9-5-4-6-10-17)24(31)22-21-19-11-7-8-12-20(19)28(2)23(21)25(32)30(27-22)18-13-15-26-16-14-18/h4-16H,3H2,1-2H3. The molecule has 0 aliphatic rings. The lowest BCUT2D eigenvalue weighted by atomic mass is 10.1. The van der Waals surface area contributed by atoms with Crippen LogP contribution < -0.4 is 10.5 Å². The molecule has 0 unspecified atom stereocenters. The van der Waals surface area contributed by atoms with E-state index < -0.39 is 0 Å². The summed E-state index contributed by atoms with van der Waals surface area (Å²) in [5.41, 5.74) is 2.57. The van der Waals surface area contributed by atoms with Crippen molar-refractivity contribution in [2.24, 2.45) is 7.05 Å². The van der Waals surface area contributed by atoms with Gasteiger partial charge in [-0.3, -0.25) is 14.6 Å². The van der Waals surface area contributed by atoms with Gasteiger partial charge in [0.1, 0.15) is 5.52 Å². The number of aromatic nitrogens is 4. The number of amides is 1. The first kappa shape index (κ1) is 19.7. The van der Waals surface area contributed by atoms with Crippen molar-refractivity contribution in [1.82, 2.24) is 19.3 Å². The van der Waals surface area contributed by atoms with Crippen molar-refractivity contribution >= 4 is 33.4 Å². The summed E-state index contributed by atoms with van der Waals surface area (Å²) >= 11 is 0. The molecule has 3 aromatic heterocycles. The smallest absolute Gasteiger partial charge is 0.296 e. The summed E-state index contributed by atoms with van der Waals surface area (Å²) in [7, 11) is 1.84. The molecule has 158 valence electrons. The van der Waals surface area contributed by atoms with Gasteiger partial charge in [0.05, 0.1) is 5.69 Å². The Morgan fingerprint density at radius 2 is 1.66 bits per heavy atom. The number of carbonyl (C=O) groups excluding carboxylic acids is 1. The van der Waals surface area contributed by atoms with E-state index in [2.05, 4.69) is 10.1 Å². The number of carbonyl (C=O) groups is 1. The summed E-state index contributed by atoms with van der Waals surface area (Å²) in [6.07, 6.45) is 3.19. The summed E-state index contributed by atoms with van der Waals surface area (Å²) in [4.78, 5) is 33.1. The van der Waals surface area contributed by atoms with Crippen LogP contribution >= 0.6 is 0 Å². The lowest BCUT2D eigenvalue weighted by Gasteiger charge is -2.21. The summed E-state index contributed by atoms with van der Waals surface area (Å²) in [5.74, 6) is -0.261. The molecule has 1 amide bonds. The summed E-state index contributed by atoms with van der Waals surface area (Å²) in [6, 6.07) is 20.6. The fourth-order valence-corrected chi connectivity index (χ4v) is 4.17. The van der Waals surface area contributed by atoms with Crippen LogP contribution in [0.4, 0.5) is 5.69 Å². The van der Waals surface area contributed by atoms with Gasteiger partial charge in [-0.05, 0) is 37.3 Å². The number of rotatable bonds is 4. The third kappa shape index (κ3) is 2.98. The van der Waals surface area contributed by atoms with Crippen molar-refractivity contribution in [1.29, 1.82) is 0 Å². The van der Waals surface area contributed by atoms with E-state index in [1.807, 2.05) is 73.1 Å². The van der Waals surface area contributed by atoms with Crippen LogP contribution in [0.2, 0.25) is 0 Å². The van der Waals surface area contributed by atoms with Gasteiger partial charge in [0.15, 0.2) is 5.69 Å². The van der Waals surface area contributed by atoms with Crippen molar-refractivity contribution < 1.29 is 4.79 Å². The number of anilines is 1. The fourth-order valence-electron chi connectivity index (χ4n) is 4.17. The highest BCUT2D eigenvalue weighted by Gasteiger charge is 2.26. The van der Waals surface area contributed by atoms with Gasteiger partial charge in [-0.25, -0.2) is 0 Å². The number of aryl methyl sites for hydroxylation is 1. The Kier molecular flexibility index (Phi) is 4.78. The number of hydrogen-bond acceptors (Lipinski definition) is 4. The molecule has 0 saturated heterocycles. The molecular formula is C25H21N5O2. The number of pyridine rings is 1. The van der Waals surface area contributed by atoms with E-state index >= 15 is 0 Å². The Morgan fingerprint density at radius 3 is 2.38 bits per heavy atom. The van der Waals surface area contributed by atoms with Crippen LogP contribution in [-0.4, -0.2) is 31.8 Å². The minimum absolute atomic E-state index is 0.235. The number of hydrogen-bond donors (Lipinski definition) is 0. The number of fused-ring (bicyclic) bond motifs is 3. The molecule has 0 atom stereocenters. The van der Waals surface area contributed by atoms with Crippen molar-refractivity contribution in [2.75, 3.05) is 11.4 Å². The van der Waals surface area contributed by atoms with Gasteiger partial charge >= 0.3 is 0 Å². The molecule has 0 bridgehead atoms. The van der Waals surface area contributed by atoms with Crippen molar-refractivity contribution in [2.45, 2.75) is 6.92 Å². The second kappa shape index (κ2) is 7.77. The predicted molar refractivity (Wildman–Crippen MR) is 125 cm³/mol. The first-order valence-corrected chi connectivity index (χ1v) is 10.4. The van der Waals surface area contributed by atoms with E-state index in [9.17, 15) is 9.59 Å². The second-order valence-corrected chi connectivity index (χ2v) is 7.46. The van der Waals surface area contributed by atoms with Crippen molar-refractivity contribution in [3.05, 3.63) is 95.2 Å². The Morgan fingerprint density at radius 1 is 0.969 bits per heavy atom. The maximum Gasteiger partial charge on any atom is 0.296 e. The molecule has 0 fully saturated rings. The van der Waals surface area contributed by atoms with Crippen LogP contribution in [0.3, 0.4) is 0 Å². The Balaban J connectivity index is 1.87. The zero-order valence-corrected chi connectivity index (χ0v) is 17.8. The molecule has 0 N–H and O–H groups in total. The van der Waals surface area contributed by atoms with Crippen LogP contribution in [0.25, 0.3) is 27.5 Å². The van der Waals surface area contributed by atoms with Crippen molar-refractivity contribution in [3.8, 4) is 5.69 Å². The van der Waals surface area contributed by atoms with Gasteiger partial charge < -0.3 is 9.47 Å². The van der Waals surface area contributed by atoms with E-state index in [1.54, 1.807) is 29.4 Å². The fraction of sp³-hybridized carbons (Fsp3) is 0.120. The maximum absolute atomic E-state index is 13.9. The average Bonchev–Trinajstić information content (AvgIpc) is 3.14. The summed E-state index contributed by atoms with van der Waals surface area (Å²) < 4.78 is 3.12. The van der Waals surface area contributed by atoms with Crippen molar-refractivity contribution in [3.63, 3.8) is 0 Å². The van der Waals surface area contributed by atoms with E-state index in [0.717, 1.165) is 16.6 Å². The first-order valence-electron chi connectivity index (χ1n) is 10.4. The average molecular weight is 423 g/mol. The topological polar surface area (TPSA) is 73.0 Å². The van der Waals surface area contributed by atoms with Gasteiger partial charge in [0.2, 0.25) is 0 Å². The third-order valence-electron chi connectivity index (χ3n) is 5.68. The van der Waals surface area contributed by atoms with E-state index in [-0.39, 0.29) is 17.2 Å². The molecule has 2 aromatic carbocycles. The normalized spacial score (nSPS) is 11.2. The van der Waals surface area contributed by atoms with E-state index in [0.29, 0.717) is 23.1 Å². The molecule has 0 aliphatic carbocycles. The van der Waals surface area contributed by atoms with Crippen LogP contribution in [0.5, 0.6) is 0 Å². The molecule has 7 nitrogen and oxygen atoms in total. The lowest BCUT2D eigenvalue weighted by Crippen LogP contribution is -2.34. The number of para-hydroxylation sites is 2. The van der Waals surface area contributed by atoms with Crippen LogP contribution in [-0.2, 0) is 7.05 Å². The van der Waals surface area contributed by atoms with E-state index in [4.69, 9.17) is 0 Å². The highest BCUT2D eigenvalue weighted by molar-refractivity contribution is 6.20. The Hall–Kier alpha value is -4.26. The van der Waals surface area contributed by atoms with Crippen LogP contribution in [0.15, 0.2) is 83.9 Å². The lowest BCUT2D eigenvalue weighted by molar-refractivity contribution is 0.0983. The SMILES string of the molecule is CCN(C(=O)c1nn(-c2ccncc2)c(=O)c2c1c1ccccc1n2C)c1ccccc1. The van der Waals surface area contributed by atoms with Gasteiger partial charge in [-0.1, -0.05) is 36.4 Å². The molecule has 0 saturated carbocycles.